The van der Waals surface area contributed by atoms with Gasteiger partial charge in [0.05, 0.1) is 6.10 Å². The lowest BCUT2D eigenvalue weighted by Gasteiger charge is -2.41. The quantitative estimate of drug-likeness (QED) is 0.644. The Balaban J connectivity index is 1.40. The summed E-state index contributed by atoms with van der Waals surface area (Å²) in [7, 11) is 0. The number of hydrogen-bond acceptors (Lipinski definition) is 3. The molecule has 0 amide bonds. The smallest absolute Gasteiger partial charge is 0.123 e. The average Bonchev–Trinajstić information content (AvgIpc) is 2.79. The lowest BCUT2D eigenvalue weighted by atomic mass is 9.79. The van der Waals surface area contributed by atoms with Gasteiger partial charge in [-0.1, -0.05) is 24.1 Å². The van der Waals surface area contributed by atoms with E-state index in [9.17, 15) is 4.39 Å². The summed E-state index contributed by atoms with van der Waals surface area (Å²) in [5.41, 5.74) is 6.35. The summed E-state index contributed by atoms with van der Waals surface area (Å²) in [6.07, 6.45) is 8.82. The van der Waals surface area contributed by atoms with Crippen LogP contribution in [0.15, 0.2) is 53.7 Å². The minimum absolute atomic E-state index is 0.110. The number of anilines is 1. The minimum atomic E-state index is -0.225. The van der Waals surface area contributed by atoms with Gasteiger partial charge in [0, 0.05) is 29.5 Å². The first kappa shape index (κ1) is 18.7. The molecule has 0 spiro atoms. The van der Waals surface area contributed by atoms with Crippen LogP contribution in [0.3, 0.4) is 0 Å². The van der Waals surface area contributed by atoms with Gasteiger partial charge in [-0.15, -0.1) is 0 Å². The Bertz CT molecular complexity index is 898. The van der Waals surface area contributed by atoms with Gasteiger partial charge in [-0.2, -0.15) is 0 Å². The van der Waals surface area contributed by atoms with Gasteiger partial charge >= 0.3 is 0 Å². The summed E-state index contributed by atoms with van der Waals surface area (Å²) in [5, 5.41) is 3.78. The Morgan fingerprint density at radius 3 is 2.66 bits per heavy atom. The minimum Gasteiger partial charge on any atom is -0.489 e. The van der Waals surface area contributed by atoms with Crippen LogP contribution in [-0.4, -0.2) is 6.61 Å². The van der Waals surface area contributed by atoms with E-state index in [-0.39, 0.29) is 11.9 Å². The maximum absolute atomic E-state index is 13.1. The van der Waals surface area contributed by atoms with Crippen molar-refractivity contribution >= 4 is 5.69 Å². The average molecular weight is 394 g/mol. The third kappa shape index (κ3) is 3.91. The number of benzene rings is 2. The summed E-state index contributed by atoms with van der Waals surface area (Å²) in [6, 6.07) is 12.7. The fourth-order valence-electron chi connectivity index (χ4n) is 4.95. The van der Waals surface area contributed by atoms with Crippen molar-refractivity contribution in [3.05, 3.63) is 70.7 Å². The van der Waals surface area contributed by atoms with Crippen molar-refractivity contribution in [3.63, 3.8) is 0 Å². The molecule has 152 valence electrons. The molecule has 4 heteroatoms. The zero-order chi connectivity index (χ0) is 19.6. The van der Waals surface area contributed by atoms with Crippen molar-refractivity contribution in [1.82, 2.24) is 0 Å². The Kier molecular flexibility index (Phi) is 5.28. The van der Waals surface area contributed by atoms with E-state index in [0.29, 0.717) is 12.5 Å². The molecule has 2 aromatic rings. The van der Waals surface area contributed by atoms with E-state index in [1.165, 1.54) is 61.9 Å². The fraction of sp³-hybridized carbons (Fsp3) is 0.440. The van der Waals surface area contributed by atoms with Crippen molar-refractivity contribution in [3.8, 4) is 5.75 Å². The zero-order valence-electron chi connectivity index (χ0n) is 16.8. The topological polar surface area (TPSA) is 30.5 Å². The van der Waals surface area contributed by atoms with Crippen LogP contribution in [0, 0.1) is 11.7 Å². The van der Waals surface area contributed by atoms with Crippen molar-refractivity contribution in [2.45, 2.75) is 57.7 Å². The first-order chi connectivity index (χ1) is 14.3. The summed E-state index contributed by atoms with van der Waals surface area (Å²) >= 11 is 0. The Morgan fingerprint density at radius 1 is 1.00 bits per heavy atom. The van der Waals surface area contributed by atoms with E-state index in [1.54, 1.807) is 17.7 Å². The molecule has 1 saturated carbocycles. The number of rotatable bonds is 3. The van der Waals surface area contributed by atoms with E-state index in [1.807, 2.05) is 6.07 Å². The largest absolute Gasteiger partial charge is 0.489 e. The Morgan fingerprint density at radius 2 is 1.83 bits per heavy atom. The van der Waals surface area contributed by atoms with Crippen LogP contribution in [-0.2, 0) is 11.3 Å². The second-order valence-corrected chi connectivity index (χ2v) is 8.41. The highest BCUT2D eigenvalue weighted by molar-refractivity contribution is 5.62. The molecule has 2 aliphatic heterocycles. The number of nitrogens with one attached hydrogen (secondary N) is 1. The predicted octanol–water partition coefficient (Wildman–Crippen LogP) is 6.52. The third-order valence-electron chi connectivity index (χ3n) is 6.45. The van der Waals surface area contributed by atoms with Crippen molar-refractivity contribution in [2.75, 3.05) is 11.9 Å². The SMILES string of the molecule is Fc1ccc(COc2ccc3c(c2)[C@H]2OCCC[C@H]2C(=C2CCCCC2)N3)cc1. The Labute approximate surface area is 171 Å². The van der Waals surface area contributed by atoms with Crippen LogP contribution < -0.4 is 10.1 Å². The third-order valence-corrected chi connectivity index (χ3v) is 6.45. The molecule has 0 radical (unpaired) electrons. The summed E-state index contributed by atoms with van der Waals surface area (Å²) in [5.74, 6) is 1.03. The van der Waals surface area contributed by atoms with Crippen LogP contribution in [0.4, 0.5) is 10.1 Å². The molecule has 1 aliphatic carbocycles. The molecule has 1 saturated heterocycles. The molecule has 3 nitrogen and oxygen atoms in total. The molecule has 0 bridgehead atoms. The van der Waals surface area contributed by atoms with Crippen molar-refractivity contribution in [2.24, 2.45) is 5.92 Å². The van der Waals surface area contributed by atoms with Gasteiger partial charge in [0.2, 0.25) is 0 Å². The van der Waals surface area contributed by atoms with E-state index < -0.39 is 0 Å². The summed E-state index contributed by atoms with van der Waals surface area (Å²) in [6.45, 7) is 1.25. The first-order valence-corrected chi connectivity index (χ1v) is 10.9. The zero-order valence-corrected chi connectivity index (χ0v) is 16.8. The van der Waals surface area contributed by atoms with Crippen LogP contribution in [0.5, 0.6) is 5.75 Å². The van der Waals surface area contributed by atoms with Crippen LogP contribution >= 0.6 is 0 Å². The highest BCUT2D eigenvalue weighted by Gasteiger charge is 2.37. The normalized spacial score (nSPS) is 23.8. The second kappa shape index (κ2) is 8.19. The predicted molar refractivity (Wildman–Crippen MR) is 112 cm³/mol. The lowest BCUT2D eigenvalue weighted by Crippen LogP contribution is -2.32. The molecular formula is C25H28FNO2. The molecular weight excluding hydrogens is 365 g/mol. The highest BCUT2D eigenvalue weighted by Crippen LogP contribution is 2.48. The number of fused-ring (bicyclic) bond motifs is 3. The Hall–Kier alpha value is -2.33. The molecule has 29 heavy (non-hydrogen) atoms. The monoisotopic (exact) mass is 393 g/mol. The standard InChI is InChI=1S/C25H28FNO2/c26-19-10-8-17(9-11-19)16-29-20-12-13-23-22(15-20)25-21(7-4-14-28-25)24(27-23)18-5-2-1-3-6-18/h8-13,15,21,25,27H,1-7,14,16H2/t21-,25-/m0/s1. The number of hydrogen-bond donors (Lipinski definition) is 1. The van der Waals surface area contributed by atoms with Gasteiger partial charge in [-0.3, -0.25) is 0 Å². The van der Waals surface area contributed by atoms with Gasteiger partial charge < -0.3 is 14.8 Å². The maximum Gasteiger partial charge on any atom is 0.123 e. The van der Waals surface area contributed by atoms with Crippen LogP contribution in [0.2, 0.25) is 0 Å². The van der Waals surface area contributed by atoms with E-state index >= 15 is 0 Å². The molecule has 2 fully saturated rings. The molecule has 3 aliphatic rings. The number of allylic oxidation sites excluding steroid dienone is 1. The summed E-state index contributed by atoms with van der Waals surface area (Å²) in [4.78, 5) is 0. The van der Waals surface area contributed by atoms with Gasteiger partial charge in [0.15, 0.2) is 0 Å². The number of ether oxygens (including phenoxy) is 2. The molecule has 5 rings (SSSR count). The van der Waals surface area contributed by atoms with Gasteiger partial charge in [0.25, 0.3) is 0 Å². The molecule has 2 atom stereocenters. The van der Waals surface area contributed by atoms with E-state index in [2.05, 4.69) is 17.4 Å². The van der Waals surface area contributed by atoms with Crippen LogP contribution in [0.25, 0.3) is 0 Å². The lowest BCUT2D eigenvalue weighted by molar-refractivity contribution is -0.0181. The molecule has 1 N–H and O–H groups in total. The summed E-state index contributed by atoms with van der Waals surface area (Å²) < 4.78 is 25.4. The highest BCUT2D eigenvalue weighted by atomic mass is 19.1. The van der Waals surface area contributed by atoms with Crippen molar-refractivity contribution in [1.29, 1.82) is 0 Å². The molecule has 0 unspecified atom stereocenters. The van der Waals surface area contributed by atoms with Gasteiger partial charge in [-0.25, -0.2) is 4.39 Å². The van der Waals surface area contributed by atoms with Gasteiger partial charge in [-0.05, 0) is 74.4 Å². The second-order valence-electron chi connectivity index (χ2n) is 8.41. The molecule has 0 aromatic heterocycles. The fourth-order valence-corrected chi connectivity index (χ4v) is 4.95. The molecule has 2 aromatic carbocycles. The molecule has 2 heterocycles. The first-order valence-electron chi connectivity index (χ1n) is 10.9. The van der Waals surface area contributed by atoms with Crippen molar-refractivity contribution < 1.29 is 13.9 Å². The number of halogens is 1. The van der Waals surface area contributed by atoms with Gasteiger partial charge in [0.1, 0.15) is 18.2 Å². The van der Waals surface area contributed by atoms with E-state index in [0.717, 1.165) is 30.0 Å². The van der Waals surface area contributed by atoms with E-state index in [4.69, 9.17) is 9.47 Å². The van der Waals surface area contributed by atoms with Crippen LogP contribution in [0.1, 0.15) is 62.2 Å². The maximum atomic E-state index is 13.1.